The molecule has 7 heteroatoms. The molecule has 0 saturated carbocycles. The summed E-state index contributed by atoms with van der Waals surface area (Å²) in [5.41, 5.74) is 0.706. The fourth-order valence-corrected chi connectivity index (χ4v) is 2.35. The maximum absolute atomic E-state index is 12.0. The van der Waals surface area contributed by atoms with Crippen LogP contribution in [0.15, 0.2) is 36.5 Å². The van der Waals surface area contributed by atoms with Crippen LogP contribution in [0, 0.1) is 0 Å². The first kappa shape index (κ1) is 19.1. The summed E-state index contributed by atoms with van der Waals surface area (Å²) in [7, 11) is 1.53. The molecule has 0 saturated heterocycles. The van der Waals surface area contributed by atoms with E-state index in [1.54, 1.807) is 30.3 Å². The average Bonchev–Trinajstić information content (AvgIpc) is 2.56. The minimum Gasteiger partial charge on any atom is -0.493 e. The molecule has 0 fully saturated rings. The number of carbonyl (C=O) groups excluding carboxylic acids is 1. The number of pyridine rings is 1. The quantitative estimate of drug-likeness (QED) is 0.728. The molecule has 2 aromatic rings. The summed E-state index contributed by atoms with van der Waals surface area (Å²) in [5.74, 6) is 1.06. The number of nitrogens with one attached hydrogen (secondary N) is 1. The van der Waals surface area contributed by atoms with E-state index in [0.29, 0.717) is 32.9 Å². The third kappa shape index (κ3) is 5.66. The van der Waals surface area contributed by atoms with Crippen LogP contribution in [0.25, 0.3) is 6.08 Å². The maximum Gasteiger partial charge on any atom is 0.249 e. The first-order chi connectivity index (χ1) is 11.9. The number of rotatable bonds is 6. The molecule has 2 rings (SSSR count). The maximum atomic E-state index is 12.0. The van der Waals surface area contributed by atoms with E-state index in [1.165, 1.54) is 19.4 Å². The molecule has 0 spiro atoms. The van der Waals surface area contributed by atoms with Crippen LogP contribution in [0.1, 0.15) is 19.4 Å². The van der Waals surface area contributed by atoms with E-state index in [-0.39, 0.29) is 12.0 Å². The second-order valence-electron chi connectivity index (χ2n) is 5.38. The van der Waals surface area contributed by atoms with Gasteiger partial charge < -0.3 is 14.8 Å². The summed E-state index contributed by atoms with van der Waals surface area (Å²) in [4.78, 5) is 16.0. The number of ether oxygens (including phenoxy) is 2. The third-order valence-electron chi connectivity index (χ3n) is 3.01. The Morgan fingerprint density at radius 3 is 2.64 bits per heavy atom. The molecular formula is C18H18Cl2N2O3. The van der Waals surface area contributed by atoms with Crippen LogP contribution in [-0.4, -0.2) is 24.1 Å². The number of methoxy groups -OCH3 is 1. The number of halogens is 2. The number of hydrogen-bond acceptors (Lipinski definition) is 4. The molecule has 5 nitrogen and oxygen atoms in total. The number of hydrogen-bond donors (Lipinski definition) is 1. The lowest BCUT2D eigenvalue weighted by atomic mass is 10.2. The fraction of sp³-hybridized carbons (Fsp3) is 0.222. The van der Waals surface area contributed by atoms with Crippen molar-refractivity contribution in [3.05, 3.63) is 52.1 Å². The van der Waals surface area contributed by atoms with Crippen LogP contribution in [0.2, 0.25) is 10.0 Å². The number of amides is 1. The van der Waals surface area contributed by atoms with Gasteiger partial charge in [0.15, 0.2) is 11.5 Å². The van der Waals surface area contributed by atoms with E-state index >= 15 is 0 Å². The topological polar surface area (TPSA) is 60.5 Å². The Labute approximate surface area is 156 Å². The van der Waals surface area contributed by atoms with Gasteiger partial charge in [-0.05, 0) is 49.8 Å². The monoisotopic (exact) mass is 380 g/mol. The average molecular weight is 381 g/mol. The highest BCUT2D eigenvalue weighted by atomic mass is 35.5. The molecule has 1 N–H and O–H groups in total. The predicted octanol–water partition coefficient (Wildman–Crippen LogP) is 4.84. The second kappa shape index (κ2) is 8.74. The van der Waals surface area contributed by atoms with Crippen LogP contribution in [0.5, 0.6) is 11.5 Å². The van der Waals surface area contributed by atoms with Gasteiger partial charge in [-0.1, -0.05) is 23.2 Å². The summed E-state index contributed by atoms with van der Waals surface area (Å²) in [6, 6.07) is 6.71. The molecule has 0 bridgehead atoms. The van der Waals surface area contributed by atoms with Gasteiger partial charge in [-0.25, -0.2) is 4.98 Å². The summed E-state index contributed by atoms with van der Waals surface area (Å²) < 4.78 is 11.0. The fourth-order valence-electron chi connectivity index (χ4n) is 1.98. The number of carbonyl (C=O) groups is 1. The Hall–Kier alpha value is -2.24. The zero-order valence-electron chi connectivity index (χ0n) is 14.0. The van der Waals surface area contributed by atoms with Crippen LogP contribution >= 0.6 is 23.2 Å². The van der Waals surface area contributed by atoms with Crippen molar-refractivity contribution < 1.29 is 14.3 Å². The molecule has 25 heavy (non-hydrogen) atoms. The lowest BCUT2D eigenvalue weighted by Crippen LogP contribution is -2.09. The van der Waals surface area contributed by atoms with Gasteiger partial charge in [0.05, 0.1) is 23.3 Å². The number of anilines is 1. The van der Waals surface area contributed by atoms with Crippen molar-refractivity contribution in [1.82, 2.24) is 4.98 Å². The highest BCUT2D eigenvalue weighted by Gasteiger charge is 2.12. The number of aromatic nitrogens is 1. The van der Waals surface area contributed by atoms with Crippen molar-refractivity contribution >= 4 is 41.0 Å². The molecular weight excluding hydrogens is 363 g/mol. The van der Waals surface area contributed by atoms with Crippen LogP contribution in [-0.2, 0) is 4.79 Å². The molecule has 1 heterocycles. The van der Waals surface area contributed by atoms with Crippen molar-refractivity contribution in [2.24, 2.45) is 0 Å². The van der Waals surface area contributed by atoms with Gasteiger partial charge in [0.25, 0.3) is 0 Å². The molecule has 0 unspecified atom stereocenters. The molecule has 1 amide bonds. The molecule has 132 valence electrons. The smallest absolute Gasteiger partial charge is 0.249 e. The summed E-state index contributed by atoms with van der Waals surface area (Å²) in [6.07, 6.45) is 4.42. The zero-order valence-corrected chi connectivity index (χ0v) is 15.6. The minimum atomic E-state index is -0.326. The van der Waals surface area contributed by atoms with Crippen molar-refractivity contribution in [2.75, 3.05) is 12.4 Å². The van der Waals surface area contributed by atoms with Gasteiger partial charge in [-0.3, -0.25) is 4.79 Å². The van der Waals surface area contributed by atoms with Crippen LogP contribution in [0.3, 0.4) is 0 Å². The van der Waals surface area contributed by atoms with E-state index in [4.69, 9.17) is 32.7 Å². The van der Waals surface area contributed by atoms with Gasteiger partial charge in [-0.15, -0.1) is 0 Å². The minimum absolute atomic E-state index is 0.0366. The molecule has 0 aliphatic rings. The Morgan fingerprint density at radius 1 is 1.28 bits per heavy atom. The third-order valence-corrected chi connectivity index (χ3v) is 3.52. The van der Waals surface area contributed by atoms with E-state index in [1.807, 2.05) is 13.8 Å². The lowest BCUT2D eigenvalue weighted by molar-refractivity contribution is -0.111. The molecule has 0 aliphatic carbocycles. The van der Waals surface area contributed by atoms with E-state index in [9.17, 15) is 4.79 Å². The SMILES string of the molecule is COc1cc(/C=C/C(=O)Nc2ccc(Cl)cn2)cc(Cl)c1OC(C)C. The van der Waals surface area contributed by atoms with E-state index in [0.717, 1.165) is 0 Å². The van der Waals surface area contributed by atoms with E-state index < -0.39 is 0 Å². The Kier molecular flexibility index (Phi) is 6.67. The molecule has 1 aromatic heterocycles. The largest absolute Gasteiger partial charge is 0.493 e. The Balaban J connectivity index is 2.13. The van der Waals surface area contributed by atoms with E-state index in [2.05, 4.69) is 10.3 Å². The lowest BCUT2D eigenvalue weighted by Gasteiger charge is -2.15. The van der Waals surface area contributed by atoms with Crippen molar-refractivity contribution in [3.63, 3.8) is 0 Å². The first-order valence-corrected chi connectivity index (χ1v) is 8.29. The van der Waals surface area contributed by atoms with Gasteiger partial charge >= 0.3 is 0 Å². The zero-order chi connectivity index (χ0) is 18.4. The molecule has 0 aliphatic heterocycles. The Morgan fingerprint density at radius 2 is 2.04 bits per heavy atom. The summed E-state index contributed by atoms with van der Waals surface area (Å²) >= 11 is 12.0. The van der Waals surface area contributed by atoms with Gasteiger partial charge in [0.1, 0.15) is 5.82 Å². The van der Waals surface area contributed by atoms with Crippen LogP contribution < -0.4 is 14.8 Å². The van der Waals surface area contributed by atoms with Gasteiger partial charge in [0.2, 0.25) is 5.91 Å². The first-order valence-electron chi connectivity index (χ1n) is 7.54. The highest BCUT2D eigenvalue weighted by Crippen LogP contribution is 2.37. The molecule has 0 radical (unpaired) electrons. The Bertz CT molecular complexity index is 775. The van der Waals surface area contributed by atoms with Crippen molar-refractivity contribution in [1.29, 1.82) is 0 Å². The summed E-state index contributed by atoms with van der Waals surface area (Å²) in [5, 5.41) is 3.54. The standard InChI is InChI=1S/C18H18Cl2N2O3/c1-11(2)25-18-14(20)8-12(9-15(18)24-3)4-7-17(23)22-16-6-5-13(19)10-21-16/h4-11H,1-3H3,(H,21,22,23)/b7-4+. The van der Waals surface area contributed by atoms with Crippen molar-refractivity contribution in [2.45, 2.75) is 20.0 Å². The normalized spacial score (nSPS) is 11.0. The molecule has 0 atom stereocenters. The second-order valence-corrected chi connectivity index (χ2v) is 6.23. The molecule has 1 aromatic carbocycles. The van der Waals surface area contributed by atoms with Gasteiger partial charge in [-0.2, -0.15) is 0 Å². The predicted molar refractivity (Wildman–Crippen MR) is 101 cm³/mol. The van der Waals surface area contributed by atoms with Crippen LogP contribution in [0.4, 0.5) is 5.82 Å². The van der Waals surface area contributed by atoms with Gasteiger partial charge in [0, 0.05) is 12.3 Å². The number of nitrogens with zero attached hydrogens (tertiary/aromatic N) is 1. The number of benzene rings is 1. The summed E-state index contributed by atoms with van der Waals surface area (Å²) in [6.45, 7) is 3.80. The highest BCUT2D eigenvalue weighted by molar-refractivity contribution is 6.32. The van der Waals surface area contributed by atoms with Crippen molar-refractivity contribution in [3.8, 4) is 11.5 Å².